The van der Waals surface area contributed by atoms with E-state index in [4.69, 9.17) is 0 Å². The molecule has 2 N–H and O–H groups in total. The molecule has 2 amide bonds. The number of aromatic nitrogens is 4. The minimum Gasteiger partial charge on any atom is -0.326 e. The lowest BCUT2D eigenvalue weighted by atomic mass is 10.2. The molecule has 8 nitrogen and oxygen atoms in total. The van der Waals surface area contributed by atoms with Crippen molar-refractivity contribution in [2.75, 3.05) is 10.6 Å². The molecule has 0 atom stereocenters. The van der Waals surface area contributed by atoms with Gasteiger partial charge in [-0.25, -0.2) is 0 Å². The Bertz CT molecular complexity index is 978. The predicted octanol–water partition coefficient (Wildman–Crippen LogP) is 2.97. The molecule has 0 spiro atoms. The number of benzene rings is 1. The van der Waals surface area contributed by atoms with E-state index >= 15 is 0 Å². The summed E-state index contributed by atoms with van der Waals surface area (Å²) in [7, 11) is 1.75. The van der Waals surface area contributed by atoms with Crippen LogP contribution in [0, 0.1) is 6.92 Å². The molecule has 0 bridgehead atoms. The van der Waals surface area contributed by atoms with Crippen LogP contribution >= 0.6 is 15.9 Å². The molecule has 0 fully saturated rings. The van der Waals surface area contributed by atoms with Crippen molar-refractivity contribution in [2.45, 2.75) is 19.9 Å². The number of hydrogen-bond donors (Lipinski definition) is 2. The number of nitrogens with one attached hydrogen (secondary N) is 2. The summed E-state index contributed by atoms with van der Waals surface area (Å²) in [6.07, 6.45) is 3.70. The molecular formula is C18H19BrN6O2. The largest absolute Gasteiger partial charge is 0.326 e. The van der Waals surface area contributed by atoms with Crippen LogP contribution in [0.5, 0.6) is 0 Å². The lowest BCUT2D eigenvalue weighted by Crippen LogP contribution is -2.16. The number of halogens is 1. The summed E-state index contributed by atoms with van der Waals surface area (Å²) in [6.45, 7) is 2.42. The van der Waals surface area contributed by atoms with E-state index in [1.54, 1.807) is 59.1 Å². The average Bonchev–Trinajstić information content (AvgIpc) is 3.20. The monoisotopic (exact) mass is 430 g/mol. The van der Waals surface area contributed by atoms with Gasteiger partial charge in [0.05, 0.1) is 17.2 Å². The van der Waals surface area contributed by atoms with Crippen molar-refractivity contribution in [1.82, 2.24) is 19.6 Å². The molecule has 27 heavy (non-hydrogen) atoms. The Balaban J connectivity index is 1.57. The number of hydrogen-bond acceptors (Lipinski definition) is 4. The van der Waals surface area contributed by atoms with E-state index in [1.165, 1.54) is 0 Å². The first-order valence-corrected chi connectivity index (χ1v) is 9.10. The van der Waals surface area contributed by atoms with Crippen LogP contribution in [0.2, 0.25) is 0 Å². The molecule has 1 aromatic carbocycles. The molecule has 140 valence electrons. The van der Waals surface area contributed by atoms with Gasteiger partial charge in [0.25, 0.3) is 5.91 Å². The summed E-state index contributed by atoms with van der Waals surface area (Å²) in [4.78, 5) is 24.4. The summed E-state index contributed by atoms with van der Waals surface area (Å²) >= 11 is 3.40. The Morgan fingerprint density at radius 1 is 1.19 bits per heavy atom. The quantitative estimate of drug-likeness (QED) is 0.628. The van der Waals surface area contributed by atoms with Crippen molar-refractivity contribution >= 4 is 39.1 Å². The highest BCUT2D eigenvalue weighted by Crippen LogP contribution is 2.17. The van der Waals surface area contributed by atoms with Crippen LogP contribution < -0.4 is 10.6 Å². The van der Waals surface area contributed by atoms with E-state index in [0.717, 1.165) is 10.2 Å². The summed E-state index contributed by atoms with van der Waals surface area (Å²) in [5.74, 6) is -0.437. The molecule has 2 aromatic heterocycles. The van der Waals surface area contributed by atoms with E-state index in [0.29, 0.717) is 30.0 Å². The van der Waals surface area contributed by atoms with E-state index in [2.05, 4.69) is 36.8 Å². The number of carbonyl (C=O) groups excluding carboxylic acids is 2. The highest BCUT2D eigenvalue weighted by atomic mass is 79.9. The highest BCUT2D eigenvalue weighted by Gasteiger charge is 2.10. The third kappa shape index (κ3) is 4.82. The van der Waals surface area contributed by atoms with Crippen molar-refractivity contribution in [2.24, 2.45) is 7.05 Å². The zero-order valence-corrected chi connectivity index (χ0v) is 16.5. The van der Waals surface area contributed by atoms with Crippen LogP contribution in [0.1, 0.15) is 22.6 Å². The van der Waals surface area contributed by atoms with E-state index in [9.17, 15) is 9.59 Å². The van der Waals surface area contributed by atoms with Crippen molar-refractivity contribution in [3.8, 4) is 0 Å². The van der Waals surface area contributed by atoms with Gasteiger partial charge >= 0.3 is 0 Å². The zero-order valence-electron chi connectivity index (χ0n) is 14.9. The van der Waals surface area contributed by atoms with Gasteiger partial charge in [0.15, 0.2) is 5.69 Å². The Hall–Kier alpha value is -2.94. The SMILES string of the molecule is Cc1c(Br)cnn1CCC(=O)Nc1cccc(NC(=O)c2ccn(C)n2)c1. The fraction of sp³-hybridized carbons (Fsp3) is 0.222. The van der Waals surface area contributed by atoms with Gasteiger partial charge in [0.1, 0.15) is 0 Å². The summed E-state index contributed by atoms with van der Waals surface area (Å²) in [5.41, 5.74) is 2.49. The van der Waals surface area contributed by atoms with Crippen LogP contribution in [0.3, 0.4) is 0 Å². The Morgan fingerprint density at radius 3 is 2.56 bits per heavy atom. The molecule has 0 saturated heterocycles. The second kappa shape index (κ2) is 8.17. The maximum Gasteiger partial charge on any atom is 0.276 e. The lowest BCUT2D eigenvalue weighted by molar-refractivity contribution is -0.116. The zero-order chi connectivity index (χ0) is 19.4. The molecular weight excluding hydrogens is 412 g/mol. The van der Waals surface area contributed by atoms with Gasteiger partial charge in [-0.3, -0.25) is 19.0 Å². The van der Waals surface area contributed by atoms with Crippen LogP contribution in [0.25, 0.3) is 0 Å². The van der Waals surface area contributed by atoms with E-state index < -0.39 is 0 Å². The second-order valence-corrected chi connectivity index (χ2v) is 6.86. The molecule has 0 radical (unpaired) electrons. The standard InChI is InChI=1S/C18H19BrN6O2/c1-12-15(19)11-20-25(12)9-7-17(26)21-13-4-3-5-14(10-13)22-18(27)16-6-8-24(2)23-16/h3-6,8,10-11H,7,9H2,1-2H3,(H,21,26)(H,22,27). The van der Waals surface area contributed by atoms with Gasteiger partial charge in [0.2, 0.25) is 5.91 Å². The van der Waals surface area contributed by atoms with Crippen molar-refractivity contribution in [1.29, 1.82) is 0 Å². The molecule has 2 heterocycles. The number of nitrogens with zero attached hydrogens (tertiary/aromatic N) is 4. The average molecular weight is 431 g/mol. The van der Waals surface area contributed by atoms with Crippen LogP contribution in [0.4, 0.5) is 11.4 Å². The maximum atomic E-state index is 12.2. The first-order chi connectivity index (χ1) is 12.9. The molecule has 3 rings (SSSR count). The van der Waals surface area contributed by atoms with Gasteiger partial charge < -0.3 is 10.6 Å². The number of aryl methyl sites for hydroxylation is 2. The van der Waals surface area contributed by atoms with Crippen molar-refractivity contribution in [3.05, 3.63) is 58.6 Å². The fourth-order valence-electron chi connectivity index (χ4n) is 2.49. The van der Waals surface area contributed by atoms with E-state index in [-0.39, 0.29) is 11.8 Å². The molecule has 0 aliphatic carbocycles. The van der Waals surface area contributed by atoms with Crippen molar-refractivity contribution in [3.63, 3.8) is 0 Å². The van der Waals surface area contributed by atoms with E-state index in [1.807, 2.05) is 6.92 Å². The Morgan fingerprint density at radius 2 is 1.93 bits per heavy atom. The normalized spacial score (nSPS) is 10.6. The fourth-order valence-corrected chi connectivity index (χ4v) is 2.78. The van der Waals surface area contributed by atoms with Gasteiger partial charge in [-0.1, -0.05) is 6.07 Å². The summed E-state index contributed by atoms with van der Waals surface area (Å²) in [5, 5.41) is 13.9. The number of rotatable bonds is 6. The first kappa shape index (κ1) is 18.8. The molecule has 0 aliphatic rings. The molecule has 0 saturated carbocycles. The van der Waals surface area contributed by atoms with Crippen molar-refractivity contribution < 1.29 is 9.59 Å². The molecule has 0 aliphatic heterocycles. The smallest absolute Gasteiger partial charge is 0.276 e. The molecule has 0 unspecified atom stereocenters. The number of anilines is 2. The summed E-state index contributed by atoms with van der Waals surface area (Å²) in [6, 6.07) is 8.62. The topological polar surface area (TPSA) is 93.8 Å². The Kier molecular flexibility index (Phi) is 5.70. The molecule has 3 aromatic rings. The third-order valence-corrected chi connectivity index (χ3v) is 4.72. The van der Waals surface area contributed by atoms with Crippen LogP contribution in [0.15, 0.2) is 47.2 Å². The highest BCUT2D eigenvalue weighted by molar-refractivity contribution is 9.10. The third-order valence-electron chi connectivity index (χ3n) is 3.94. The lowest BCUT2D eigenvalue weighted by Gasteiger charge is -2.09. The van der Waals surface area contributed by atoms with Gasteiger partial charge in [0, 0.05) is 36.7 Å². The number of amides is 2. The number of carbonyl (C=O) groups is 2. The van der Waals surface area contributed by atoms with Crippen LogP contribution in [-0.2, 0) is 18.4 Å². The minimum absolute atomic E-state index is 0.130. The summed E-state index contributed by atoms with van der Waals surface area (Å²) < 4.78 is 4.25. The maximum absolute atomic E-state index is 12.2. The molecule has 9 heteroatoms. The van der Waals surface area contributed by atoms with Gasteiger partial charge in [-0.2, -0.15) is 10.2 Å². The second-order valence-electron chi connectivity index (χ2n) is 6.01. The van der Waals surface area contributed by atoms with Crippen LogP contribution in [-0.4, -0.2) is 31.4 Å². The minimum atomic E-state index is -0.307. The Labute approximate surface area is 164 Å². The first-order valence-electron chi connectivity index (χ1n) is 8.31. The van der Waals surface area contributed by atoms with Gasteiger partial charge in [-0.05, 0) is 47.1 Å². The predicted molar refractivity (Wildman–Crippen MR) is 106 cm³/mol. The van der Waals surface area contributed by atoms with Gasteiger partial charge in [-0.15, -0.1) is 0 Å².